The van der Waals surface area contributed by atoms with Gasteiger partial charge in [0.15, 0.2) is 0 Å². The van der Waals surface area contributed by atoms with Crippen LogP contribution in [0.1, 0.15) is 13.3 Å². The number of nitrogens with zero attached hydrogens (tertiary/aromatic N) is 4. The lowest BCUT2D eigenvalue weighted by Gasteiger charge is -2.07. The second-order valence-corrected chi connectivity index (χ2v) is 5.18. The molecule has 0 aliphatic carbocycles. The van der Waals surface area contributed by atoms with Crippen molar-refractivity contribution < 1.29 is 4.74 Å². The monoisotopic (exact) mass is 326 g/mol. The van der Waals surface area contributed by atoms with E-state index < -0.39 is 0 Å². The summed E-state index contributed by atoms with van der Waals surface area (Å²) in [5.41, 5.74) is 0.0957. The lowest BCUT2D eigenvalue weighted by atomic mass is 10.3. The minimum Gasteiger partial charge on any atom is -0.494 e. The highest BCUT2D eigenvalue weighted by Gasteiger charge is 2.12. The molecule has 2 heterocycles. The number of hydrogen-bond donors (Lipinski definition) is 0. The maximum absolute atomic E-state index is 12.7. The Morgan fingerprint density at radius 2 is 1.96 bits per heavy atom. The number of ether oxygens (including phenoxy) is 1. The number of aromatic nitrogens is 4. The van der Waals surface area contributed by atoms with Crippen LogP contribution >= 0.6 is 0 Å². The van der Waals surface area contributed by atoms with Crippen molar-refractivity contribution in [1.29, 1.82) is 0 Å². The average Bonchev–Trinajstić information content (AvgIpc) is 2.92. The summed E-state index contributed by atoms with van der Waals surface area (Å²) in [6.07, 6.45) is 5.42. The standard InChI is InChI=1S/C17H18N4O3/c1-3-5-10-21-17(23)20-12-11-19(16(22)15(20)18-21)13-6-8-14(9-7-13)24-4-2/h3,6-9,11-12H,1,4-5,10H2,2H3. The molecule has 124 valence electrons. The van der Waals surface area contributed by atoms with Gasteiger partial charge in [0.25, 0.3) is 0 Å². The summed E-state index contributed by atoms with van der Waals surface area (Å²) in [4.78, 5) is 24.9. The van der Waals surface area contributed by atoms with Crippen LogP contribution < -0.4 is 16.0 Å². The van der Waals surface area contributed by atoms with E-state index in [4.69, 9.17) is 4.74 Å². The molecule has 24 heavy (non-hydrogen) atoms. The predicted molar refractivity (Wildman–Crippen MR) is 91.0 cm³/mol. The first kappa shape index (κ1) is 15.8. The molecule has 0 bridgehead atoms. The van der Waals surface area contributed by atoms with Crippen LogP contribution in [-0.4, -0.2) is 25.4 Å². The topological polar surface area (TPSA) is 70.5 Å². The van der Waals surface area contributed by atoms with Gasteiger partial charge in [-0.25, -0.2) is 13.9 Å². The van der Waals surface area contributed by atoms with Crippen LogP contribution in [0.15, 0.2) is 58.9 Å². The Morgan fingerprint density at radius 1 is 1.21 bits per heavy atom. The van der Waals surface area contributed by atoms with Gasteiger partial charge in [-0.1, -0.05) is 6.08 Å². The van der Waals surface area contributed by atoms with Crippen LogP contribution in [0, 0.1) is 0 Å². The Bertz CT molecular complexity index is 980. The van der Waals surface area contributed by atoms with Crippen molar-refractivity contribution in [3.63, 3.8) is 0 Å². The minimum absolute atomic E-state index is 0.0976. The number of aryl methyl sites for hydroxylation is 1. The molecule has 1 aromatic carbocycles. The van der Waals surface area contributed by atoms with Gasteiger partial charge in [0.2, 0.25) is 5.65 Å². The number of rotatable bonds is 6. The molecule has 3 rings (SSSR count). The first-order chi connectivity index (χ1) is 11.7. The SMILES string of the molecule is C=CCCn1nc2c(=O)n(-c3ccc(OCC)cc3)ccn2c1=O. The molecule has 7 heteroatoms. The van der Waals surface area contributed by atoms with Gasteiger partial charge in [0.05, 0.1) is 6.61 Å². The van der Waals surface area contributed by atoms with Crippen molar-refractivity contribution >= 4 is 5.65 Å². The summed E-state index contributed by atoms with van der Waals surface area (Å²) in [7, 11) is 0. The summed E-state index contributed by atoms with van der Waals surface area (Å²) in [6, 6.07) is 7.17. The van der Waals surface area contributed by atoms with Gasteiger partial charge in [-0.2, -0.15) is 0 Å². The van der Waals surface area contributed by atoms with Gasteiger partial charge >= 0.3 is 11.2 Å². The first-order valence-corrected chi connectivity index (χ1v) is 7.70. The van der Waals surface area contributed by atoms with Gasteiger partial charge in [0.1, 0.15) is 5.75 Å². The fraction of sp³-hybridized carbons (Fsp3) is 0.235. The summed E-state index contributed by atoms with van der Waals surface area (Å²) >= 11 is 0. The summed E-state index contributed by atoms with van der Waals surface area (Å²) in [5, 5.41) is 4.14. The third-order valence-corrected chi connectivity index (χ3v) is 3.62. The van der Waals surface area contributed by atoms with E-state index in [0.717, 1.165) is 5.75 Å². The second kappa shape index (κ2) is 6.57. The van der Waals surface area contributed by atoms with Crippen LogP contribution in [0.5, 0.6) is 5.75 Å². The Balaban J connectivity index is 2.06. The maximum atomic E-state index is 12.7. The number of benzene rings is 1. The molecule has 0 aliphatic heterocycles. The van der Waals surface area contributed by atoms with Crippen molar-refractivity contribution in [2.24, 2.45) is 0 Å². The van der Waals surface area contributed by atoms with E-state index in [2.05, 4.69) is 11.7 Å². The fourth-order valence-electron chi connectivity index (χ4n) is 2.44. The fourth-order valence-corrected chi connectivity index (χ4v) is 2.44. The van der Waals surface area contributed by atoms with E-state index in [-0.39, 0.29) is 16.9 Å². The van der Waals surface area contributed by atoms with E-state index in [0.29, 0.717) is 25.3 Å². The normalized spacial score (nSPS) is 10.9. The van der Waals surface area contributed by atoms with E-state index in [9.17, 15) is 9.59 Å². The van der Waals surface area contributed by atoms with Crippen LogP contribution in [0.25, 0.3) is 11.3 Å². The summed E-state index contributed by atoms with van der Waals surface area (Å²) in [5.74, 6) is 0.736. The van der Waals surface area contributed by atoms with Gasteiger partial charge in [-0.3, -0.25) is 9.36 Å². The molecule has 0 aliphatic rings. The van der Waals surface area contributed by atoms with Crippen LogP contribution in [0.4, 0.5) is 0 Å². The van der Waals surface area contributed by atoms with Crippen molar-refractivity contribution in [1.82, 2.24) is 18.7 Å². The lowest BCUT2D eigenvalue weighted by Crippen LogP contribution is -2.24. The molecule has 0 unspecified atom stereocenters. The molecule has 3 aromatic rings. The highest BCUT2D eigenvalue weighted by atomic mass is 16.5. The highest BCUT2D eigenvalue weighted by Crippen LogP contribution is 2.14. The van der Waals surface area contributed by atoms with Gasteiger partial charge in [-0.05, 0) is 37.6 Å². The zero-order valence-corrected chi connectivity index (χ0v) is 13.4. The van der Waals surface area contributed by atoms with E-state index >= 15 is 0 Å². The first-order valence-electron chi connectivity index (χ1n) is 7.70. The Labute approximate surface area is 138 Å². The molecule has 0 spiro atoms. The summed E-state index contributed by atoms with van der Waals surface area (Å²) in [6.45, 7) is 6.51. The van der Waals surface area contributed by atoms with Crippen LogP contribution in [0.2, 0.25) is 0 Å². The molecule has 2 aromatic heterocycles. The lowest BCUT2D eigenvalue weighted by molar-refractivity contribution is 0.340. The Morgan fingerprint density at radius 3 is 2.62 bits per heavy atom. The largest absolute Gasteiger partial charge is 0.494 e. The Kier molecular flexibility index (Phi) is 4.33. The zero-order valence-electron chi connectivity index (χ0n) is 13.4. The molecule has 0 amide bonds. The van der Waals surface area contributed by atoms with E-state index in [1.165, 1.54) is 13.6 Å². The van der Waals surface area contributed by atoms with E-state index in [1.54, 1.807) is 42.7 Å². The Hall–Kier alpha value is -3.09. The van der Waals surface area contributed by atoms with E-state index in [1.807, 2.05) is 6.92 Å². The third-order valence-electron chi connectivity index (χ3n) is 3.62. The van der Waals surface area contributed by atoms with Gasteiger partial charge in [0, 0.05) is 24.6 Å². The summed E-state index contributed by atoms with van der Waals surface area (Å²) < 4.78 is 9.39. The maximum Gasteiger partial charge on any atom is 0.350 e. The molecule has 0 radical (unpaired) electrons. The molecule has 0 saturated carbocycles. The quantitative estimate of drug-likeness (QED) is 0.646. The molecule has 0 N–H and O–H groups in total. The van der Waals surface area contributed by atoms with Crippen molar-refractivity contribution in [2.45, 2.75) is 19.9 Å². The molecular formula is C17H18N4O3. The second-order valence-electron chi connectivity index (χ2n) is 5.18. The number of hydrogen-bond acceptors (Lipinski definition) is 4. The van der Waals surface area contributed by atoms with Crippen molar-refractivity contribution in [3.8, 4) is 11.4 Å². The molecule has 7 nitrogen and oxygen atoms in total. The molecule has 0 fully saturated rings. The van der Waals surface area contributed by atoms with Crippen LogP contribution in [-0.2, 0) is 6.54 Å². The van der Waals surface area contributed by atoms with Crippen molar-refractivity contribution in [3.05, 3.63) is 70.2 Å². The smallest absolute Gasteiger partial charge is 0.350 e. The molecule has 0 saturated heterocycles. The third kappa shape index (κ3) is 2.76. The number of allylic oxidation sites excluding steroid dienone is 1. The highest BCUT2D eigenvalue weighted by molar-refractivity contribution is 5.42. The molecular weight excluding hydrogens is 308 g/mol. The minimum atomic E-state index is -0.351. The zero-order chi connectivity index (χ0) is 17.1. The van der Waals surface area contributed by atoms with Crippen molar-refractivity contribution in [2.75, 3.05) is 6.61 Å². The molecule has 0 atom stereocenters. The van der Waals surface area contributed by atoms with Crippen LogP contribution in [0.3, 0.4) is 0 Å². The van der Waals surface area contributed by atoms with Gasteiger partial charge < -0.3 is 4.74 Å². The predicted octanol–water partition coefficient (Wildman–Crippen LogP) is 1.62. The number of fused-ring (bicyclic) bond motifs is 1. The average molecular weight is 326 g/mol. The van der Waals surface area contributed by atoms with Gasteiger partial charge in [-0.15, -0.1) is 11.7 Å².